The molecule has 3 nitrogen and oxygen atoms in total. The number of hydrogen-bond donors (Lipinski definition) is 1. The second kappa shape index (κ2) is 5.28. The van der Waals surface area contributed by atoms with Crippen LogP contribution in [0.4, 0.5) is 5.82 Å². The van der Waals surface area contributed by atoms with Crippen LogP contribution in [0.3, 0.4) is 0 Å². The summed E-state index contributed by atoms with van der Waals surface area (Å²) in [7, 11) is 0. The second-order valence-corrected chi connectivity index (χ2v) is 4.72. The van der Waals surface area contributed by atoms with Crippen molar-refractivity contribution < 1.29 is 0 Å². The fourth-order valence-electron chi connectivity index (χ4n) is 2.04. The van der Waals surface area contributed by atoms with Gasteiger partial charge in [-0.15, -0.1) is 0 Å². The fraction of sp³-hybridized carbons (Fsp3) is 0.692. The first-order valence-corrected chi connectivity index (χ1v) is 6.36. The Kier molecular flexibility index (Phi) is 3.75. The van der Waals surface area contributed by atoms with E-state index in [1.165, 1.54) is 24.8 Å². The highest BCUT2D eigenvalue weighted by Gasteiger charge is 2.17. The average Bonchev–Trinajstić information content (AvgIpc) is 2.20. The Morgan fingerprint density at radius 3 is 2.88 bits per heavy atom. The second-order valence-electron chi connectivity index (χ2n) is 4.72. The molecule has 1 fully saturated rings. The monoisotopic (exact) mass is 219 g/mol. The summed E-state index contributed by atoms with van der Waals surface area (Å²) in [5, 5.41) is 3.49. The van der Waals surface area contributed by atoms with Crippen molar-refractivity contribution in [3.05, 3.63) is 17.6 Å². The standard InChI is InChI=1S/C13H21N3/c1-3-5-12-9-14-10(2)16-13(12)15-8-11-6-4-7-11/h9,11H,3-8H2,1-2H3,(H,14,15,16). The maximum atomic E-state index is 4.50. The molecular weight excluding hydrogens is 198 g/mol. The number of aromatic nitrogens is 2. The predicted molar refractivity (Wildman–Crippen MR) is 66.6 cm³/mol. The molecule has 88 valence electrons. The van der Waals surface area contributed by atoms with Crippen molar-refractivity contribution in [3.63, 3.8) is 0 Å². The van der Waals surface area contributed by atoms with Crippen LogP contribution in [0.5, 0.6) is 0 Å². The Bertz CT molecular complexity index is 345. The van der Waals surface area contributed by atoms with E-state index in [4.69, 9.17) is 0 Å². The van der Waals surface area contributed by atoms with E-state index >= 15 is 0 Å². The molecule has 1 N–H and O–H groups in total. The van der Waals surface area contributed by atoms with Crippen LogP contribution < -0.4 is 5.32 Å². The summed E-state index contributed by atoms with van der Waals surface area (Å²) in [6, 6.07) is 0. The van der Waals surface area contributed by atoms with Crippen molar-refractivity contribution in [1.29, 1.82) is 0 Å². The van der Waals surface area contributed by atoms with Gasteiger partial charge in [-0.2, -0.15) is 0 Å². The average molecular weight is 219 g/mol. The molecule has 0 amide bonds. The van der Waals surface area contributed by atoms with Crippen LogP contribution in [0.15, 0.2) is 6.20 Å². The minimum absolute atomic E-state index is 0.857. The van der Waals surface area contributed by atoms with Gasteiger partial charge in [0.2, 0.25) is 0 Å². The van der Waals surface area contributed by atoms with Gasteiger partial charge < -0.3 is 5.32 Å². The Morgan fingerprint density at radius 2 is 2.25 bits per heavy atom. The maximum Gasteiger partial charge on any atom is 0.132 e. The molecule has 1 aliphatic rings. The lowest BCUT2D eigenvalue weighted by atomic mass is 9.85. The van der Waals surface area contributed by atoms with E-state index in [-0.39, 0.29) is 0 Å². The van der Waals surface area contributed by atoms with Gasteiger partial charge in [0.15, 0.2) is 0 Å². The number of nitrogens with zero attached hydrogens (tertiary/aromatic N) is 2. The first-order valence-electron chi connectivity index (χ1n) is 6.36. The van der Waals surface area contributed by atoms with Gasteiger partial charge >= 0.3 is 0 Å². The van der Waals surface area contributed by atoms with E-state index in [0.717, 1.165) is 36.9 Å². The SMILES string of the molecule is CCCc1cnc(C)nc1NCC1CCC1. The number of nitrogens with one attached hydrogen (secondary N) is 1. The van der Waals surface area contributed by atoms with Crippen molar-refractivity contribution in [2.24, 2.45) is 5.92 Å². The molecule has 1 saturated carbocycles. The Hall–Kier alpha value is -1.12. The number of rotatable bonds is 5. The van der Waals surface area contributed by atoms with Crippen molar-refractivity contribution in [1.82, 2.24) is 9.97 Å². The summed E-state index contributed by atoms with van der Waals surface area (Å²) in [4.78, 5) is 8.77. The van der Waals surface area contributed by atoms with E-state index in [2.05, 4.69) is 22.2 Å². The molecule has 2 rings (SSSR count). The highest BCUT2D eigenvalue weighted by molar-refractivity contribution is 5.43. The zero-order valence-corrected chi connectivity index (χ0v) is 10.3. The molecule has 0 saturated heterocycles. The quantitative estimate of drug-likeness (QED) is 0.827. The van der Waals surface area contributed by atoms with Crippen LogP contribution in [0.25, 0.3) is 0 Å². The smallest absolute Gasteiger partial charge is 0.132 e. The summed E-state index contributed by atoms with van der Waals surface area (Å²) in [5.74, 6) is 2.78. The van der Waals surface area contributed by atoms with Crippen molar-refractivity contribution >= 4 is 5.82 Å². The molecule has 0 bridgehead atoms. The molecule has 0 spiro atoms. The number of aryl methyl sites for hydroxylation is 2. The fourth-order valence-corrected chi connectivity index (χ4v) is 2.04. The molecule has 3 heteroatoms. The molecule has 1 aromatic rings. The van der Waals surface area contributed by atoms with Crippen molar-refractivity contribution in [2.75, 3.05) is 11.9 Å². The number of hydrogen-bond acceptors (Lipinski definition) is 3. The maximum absolute atomic E-state index is 4.50. The predicted octanol–water partition coefficient (Wildman–Crippen LogP) is 2.95. The highest BCUT2D eigenvalue weighted by Crippen LogP contribution is 2.26. The van der Waals surface area contributed by atoms with E-state index in [1.54, 1.807) is 0 Å². The lowest BCUT2D eigenvalue weighted by molar-refractivity contribution is 0.333. The van der Waals surface area contributed by atoms with E-state index in [0.29, 0.717) is 0 Å². The highest BCUT2D eigenvalue weighted by atomic mass is 15.0. The van der Waals surface area contributed by atoms with Gasteiger partial charge in [-0.3, -0.25) is 0 Å². The van der Waals surface area contributed by atoms with Gasteiger partial charge in [0.05, 0.1) is 0 Å². The molecule has 0 aliphatic heterocycles. The van der Waals surface area contributed by atoms with Gasteiger partial charge in [-0.25, -0.2) is 9.97 Å². The lowest BCUT2D eigenvalue weighted by Gasteiger charge is -2.26. The summed E-state index contributed by atoms with van der Waals surface area (Å²) in [5.41, 5.74) is 1.26. The van der Waals surface area contributed by atoms with E-state index < -0.39 is 0 Å². The molecule has 1 aliphatic carbocycles. The van der Waals surface area contributed by atoms with Gasteiger partial charge in [0.1, 0.15) is 11.6 Å². The summed E-state index contributed by atoms with van der Waals surface area (Å²) < 4.78 is 0. The van der Waals surface area contributed by atoms with Crippen LogP contribution in [-0.2, 0) is 6.42 Å². The third-order valence-corrected chi connectivity index (χ3v) is 3.29. The molecule has 0 atom stereocenters. The van der Waals surface area contributed by atoms with E-state index in [1.807, 2.05) is 13.1 Å². The first kappa shape index (κ1) is 11.4. The molecule has 16 heavy (non-hydrogen) atoms. The molecule has 0 aromatic carbocycles. The molecule has 0 radical (unpaired) electrons. The van der Waals surface area contributed by atoms with Crippen LogP contribution >= 0.6 is 0 Å². The summed E-state index contributed by atoms with van der Waals surface area (Å²) in [6.07, 6.45) is 8.32. The van der Waals surface area contributed by atoms with Gasteiger partial charge in [0, 0.05) is 18.3 Å². The molecule has 1 heterocycles. The van der Waals surface area contributed by atoms with Gasteiger partial charge in [-0.05, 0) is 32.1 Å². The number of anilines is 1. The largest absolute Gasteiger partial charge is 0.369 e. The van der Waals surface area contributed by atoms with Crippen LogP contribution in [0.2, 0.25) is 0 Å². The van der Waals surface area contributed by atoms with Crippen LogP contribution in [0.1, 0.15) is 44.0 Å². The zero-order valence-electron chi connectivity index (χ0n) is 10.3. The summed E-state index contributed by atoms with van der Waals surface area (Å²) >= 11 is 0. The minimum atomic E-state index is 0.857. The van der Waals surface area contributed by atoms with Crippen molar-refractivity contribution in [3.8, 4) is 0 Å². The van der Waals surface area contributed by atoms with Crippen molar-refractivity contribution in [2.45, 2.75) is 46.0 Å². The van der Waals surface area contributed by atoms with Gasteiger partial charge in [0.25, 0.3) is 0 Å². The normalized spacial score (nSPS) is 15.9. The Balaban J connectivity index is 2.00. The Morgan fingerprint density at radius 1 is 1.44 bits per heavy atom. The van der Waals surface area contributed by atoms with E-state index in [9.17, 15) is 0 Å². The third-order valence-electron chi connectivity index (χ3n) is 3.29. The first-order chi connectivity index (χ1) is 7.79. The van der Waals surface area contributed by atoms with Crippen LogP contribution in [0, 0.1) is 12.8 Å². The molecular formula is C13H21N3. The minimum Gasteiger partial charge on any atom is -0.369 e. The Labute approximate surface area is 97.7 Å². The summed E-state index contributed by atoms with van der Waals surface area (Å²) in [6.45, 7) is 5.22. The lowest BCUT2D eigenvalue weighted by Crippen LogP contribution is -2.22. The zero-order chi connectivity index (χ0) is 11.4. The molecule has 1 aromatic heterocycles. The topological polar surface area (TPSA) is 37.8 Å². The molecule has 0 unspecified atom stereocenters. The third kappa shape index (κ3) is 2.71. The van der Waals surface area contributed by atoms with Gasteiger partial charge in [-0.1, -0.05) is 19.8 Å². The van der Waals surface area contributed by atoms with Crippen LogP contribution in [-0.4, -0.2) is 16.5 Å².